The first-order valence-corrected chi connectivity index (χ1v) is 9.10. The predicted molar refractivity (Wildman–Crippen MR) is 91.1 cm³/mol. The highest BCUT2D eigenvalue weighted by molar-refractivity contribution is 7.93. The molecule has 5 nitrogen and oxygen atoms in total. The van der Waals surface area contributed by atoms with E-state index in [1.807, 2.05) is 32.0 Å². The molecule has 0 saturated carbocycles. The molecule has 0 radical (unpaired) electrons. The van der Waals surface area contributed by atoms with E-state index in [9.17, 15) is 8.42 Å². The maximum atomic E-state index is 12.4. The van der Waals surface area contributed by atoms with Crippen LogP contribution < -0.4 is 4.72 Å². The van der Waals surface area contributed by atoms with Crippen molar-refractivity contribution in [3.8, 4) is 6.07 Å². The lowest BCUT2D eigenvalue weighted by Gasteiger charge is -2.04. The zero-order valence-corrected chi connectivity index (χ0v) is 14.1. The Kier molecular flexibility index (Phi) is 3.80. The molecular weight excluding hydrogens is 330 g/mol. The zero-order valence-electron chi connectivity index (χ0n) is 12.5. The molecule has 0 amide bonds. The Morgan fingerprint density at radius 1 is 1.17 bits per heavy atom. The Morgan fingerprint density at radius 3 is 2.52 bits per heavy atom. The summed E-state index contributed by atoms with van der Waals surface area (Å²) in [6.07, 6.45) is 0. The highest BCUT2D eigenvalue weighted by Crippen LogP contribution is 2.30. The molecule has 0 unspecified atom stereocenters. The van der Waals surface area contributed by atoms with Crippen LogP contribution in [-0.4, -0.2) is 13.4 Å². The van der Waals surface area contributed by atoms with E-state index in [0.29, 0.717) is 10.7 Å². The van der Waals surface area contributed by atoms with E-state index in [1.165, 1.54) is 35.6 Å². The molecule has 1 aromatic heterocycles. The number of nitrogens with one attached hydrogen (secondary N) is 1. The number of nitriles is 1. The van der Waals surface area contributed by atoms with E-state index >= 15 is 0 Å². The van der Waals surface area contributed by atoms with Gasteiger partial charge < -0.3 is 0 Å². The van der Waals surface area contributed by atoms with Gasteiger partial charge in [0, 0.05) is 0 Å². The van der Waals surface area contributed by atoms with Gasteiger partial charge >= 0.3 is 0 Å². The number of sulfonamides is 1. The van der Waals surface area contributed by atoms with Gasteiger partial charge in [-0.3, -0.25) is 4.72 Å². The van der Waals surface area contributed by atoms with Gasteiger partial charge in [0.05, 0.1) is 26.7 Å². The minimum atomic E-state index is -3.72. The van der Waals surface area contributed by atoms with Crippen molar-refractivity contribution in [3.05, 3.63) is 53.1 Å². The summed E-state index contributed by atoms with van der Waals surface area (Å²) in [6.45, 7) is 3.95. The van der Waals surface area contributed by atoms with Crippen LogP contribution in [0.15, 0.2) is 41.3 Å². The number of fused-ring (bicyclic) bond motifs is 1. The van der Waals surface area contributed by atoms with E-state index in [-0.39, 0.29) is 4.90 Å². The monoisotopic (exact) mass is 343 g/mol. The predicted octanol–water partition coefficient (Wildman–Crippen LogP) is 3.59. The number of hydrogen-bond acceptors (Lipinski definition) is 5. The van der Waals surface area contributed by atoms with Crippen LogP contribution in [0.1, 0.15) is 16.7 Å². The number of anilines is 1. The van der Waals surface area contributed by atoms with Gasteiger partial charge in [0.1, 0.15) is 0 Å². The first-order valence-electron chi connectivity index (χ1n) is 6.80. The standard InChI is InChI=1S/C16H13N3O2S2/c1-10-7-11(2)15-14(8-10)22-16(18-15)19-23(20,21)13-5-3-12(9-17)4-6-13/h3-8H,1-2H3,(H,18,19). The quantitative estimate of drug-likeness (QED) is 0.788. The number of rotatable bonds is 3. The van der Waals surface area contributed by atoms with E-state index in [0.717, 1.165) is 21.3 Å². The number of aromatic nitrogens is 1. The molecule has 0 spiro atoms. The second-order valence-corrected chi connectivity index (χ2v) is 7.90. The van der Waals surface area contributed by atoms with Crippen molar-refractivity contribution in [2.45, 2.75) is 18.7 Å². The van der Waals surface area contributed by atoms with E-state index in [4.69, 9.17) is 5.26 Å². The van der Waals surface area contributed by atoms with Gasteiger partial charge in [0.25, 0.3) is 10.0 Å². The second kappa shape index (κ2) is 5.65. The highest BCUT2D eigenvalue weighted by atomic mass is 32.2. The van der Waals surface area contributed by atoms with Crippen molar-refractivity contribution in [1.29, 1.82) is 5.26 Å². The molecule has 1 N–H and O–H groups in total. The van der Waals surface area contributed by atoms with Crippen molar-refractivity contribution >= 4 is 36.7 Å². The number of aryl methyl sites for hydroxylation is 2. The molecule has 0 aliphatic carbocycles. The Morgan fingerprint density at radius 2 is 1.87 bits per heavy atom. The summed E-state index contributed by atoms with van der Waals surface area (Å²) < 4.78 is 28.3. The Bertz CT molecular complexity index is 1030. The fraction of sp³-hybridized carbons (Fsp3) is 0.125. The van der Waals surface area contributed by atoms with Crippen molar-refractivity contribution < 1.29 is 8.42 Å². The summed E-state index contributed by atoms with van der Waals surface area (Å²) in [4.78, 5) is 4.47. The Balaban J connectivity index is 1.97. The molecule has 1 heterocycles. The molecule has 0 fully saturated rings. The molecular formula is C16H13N3O2S2. The number of thiazole rings is 1. The summed E-state index contributed by atoms with van der Waals surface area (Å²) in [7, 11) is -3.72. The van der Waals surface area contributed by atoms with Gasteiger partial charge in [-0.05, 0) is 55.3 Å². The first-order chi connectivity index (χ1) is 10.9. The molecule has 3 aromatic rings. The van der Waals surface area contributed by atoms with Gasteiger partial charge in [0.2, 0.25) is 0 Å². The second-order valence-electron chi connectivity index (χ2n) is 5.19. The molecule has 7 heteroatoms. The van der Waals surface area contributed by atoms with Crippen LogP contribution in [-0.2, 0) is 10.0 Å². The molecule has 0 aliphatic heterocycles. The third kappa shape index (κ3) is 3.04. The molecule has 0 saturated heterocycles. The molecule has 116 valence electrons. The van der Waals surface area contributed by atoms with Crippen molar-refractivity contribution in [1.82, 2.24) is 4.98 Å². The maximum absolute atomic E-state index is 12.4. The van der Waals surface area contributed by atoms with Gasteiger partial charge in [-0.2, -0.15) is 5.26 Å². The Hall–Kier alpha value is -2.43. The summed E-state index contributed by atoms with van der Waals surface area (Å²) in [6, 6.07) is 11.7. The first kappa shape index (κ1) is 15.5. The maximum Gasteiger partial charge on any atom is 0.263 e. The average Bonchev–Trinajstić information content (AvgIpc) is 2.89. The van der Waals surface area contributed by atoms with Crippen LogP contribution in [0.25, 0.3) is 10.2 Å². The number of nitrogens with zero attached hydrogens (tertiary/aromatic N) is 2. The van der Waals surface area contributed by atoms with E-state index in [2.05, 4.69) is 9.71 Å². The third-order valence-electron chi connectivity index (χ3n) is 3.35. The Labute approximate surface area is 138 Å². The van der Waals surface area contributed by atoms with Crippen LogP contribution >= 0.6 is 11.3 Å². The highest BCUT2D eigenvalue weighted by Gasteiger charge is 2.17. The van der Waals surface area contributed by atoms with Crippen LogP contribution in [0.4, 0.5) is 5.13 Å². The summed E-state index contributed by atoms with van der Waals surface area (Å²) in [5, 5.41) is 9.10. The SMILES string of the molecule is Cc1cc(C)c2nc(NS(=O)(=O)c3ccc(C#N)cc3)sc2c1. The largest absolute Gasteiger partial charge is 0.263 e. The third-order valence-corrected chi connectivity index (χ3v) is 5.75. The lowest BCUT2D eigenvalue weighted by molar-refractivity contribution is 0.601. The smallest absolute Gasteiger partial charge is 0.255 e. The molecule has 3 rings (SSSR count). The molecule has 0 atom stereocenters. The van der Waals surface area contributed by atoms with Gasteiger partial charge in [-0.1, -0.05) is 17.4 Å². The fourth-order valence-electron chi connectivity index (χ4n) is 2.30. The van der Waals surface area contributed by atoms with E-state index < -0.39 is 10.0 Å². The summed E-state index contributed by atoms with van der Waals surface area (Å²) in [5.41, 5.74) is 3.34. The number of benzene rings is 2. The summed E-state index contributed by atoms with van der Waals surface area (Å²) in [5.74, 6) is 0. The molecule has 0 bridgehead atoms. The van der Waals surface area contributed by atoms with Gasteiger partial charge in [-0.25, -0.2) is 13.4 Å². The fourth-order valence-corrected chi connectivity index (χ4v) is 4.57. The van der Waals surface area contributed by atoms with Gasteiger partial charge in [0.15, 0.2) is 5.13 Å². The lowest BCUT2D eigenvalue weighted by Crippen LogP contribution is -2.12. The molecule has 0 aliphatic rings. The van der Waals surface area contributed by atoms with E-state index in [1.54, 1.807) is 0 Å². The molecule has 2 aromatic carbocycles. The molecule has 23 heavy (non-hydrogen) atoms. The van der Waals surface area contributed by atoms with Crippen molar-refractivity contribution in [3.63, 3.8) is 0 Å². The minimum absolute atomic E-state index is 0.101. The van der Waals surface area contributed by atoms with Crippen LogP contribution in [0.3, 0.4) is 0 Å². The van der Waals surface area contributed by atoms with Crippen molar-refractivity contribution in [2.24, 2.45) is 0 Å². The lowest BCUT2D eigenvalue weighted by atomic mass is 10.1. The van der Waals surface area contributed by atoms with Crippen molar-refractivity contribution in [2.75, 3.05) is 4.72 Å². The summed E-state index contributed by atoms with van der Waals surface area (Å²) >= 11 is 1.30. The van der Waals surface area contributed by atoms with Crippen LogP contribution in [0.5, 0.6) is 0 Å². The van der Waals surface area contributed by atoms with Gasteiger partial charge in [-0.15, -0.1) is 0 Å². The number of hydrogen-bond donors (Lipinski definition) is 1. The van der Waals surface area contributed by atoms with Crippen LogP contribution in [0, 0.1) is 25.2 Å². The zero-order chi connectivity index (χ0) is 16.6. The topological polar surface area (TPSA) is 82.8 Å². The normalized spacial score (nSPS) is 11.3. The minimum Gasteiger partial charge on any atom is -0.255 e. The van der Waals surface area contributed by atoms with Crippen LogP contribution in [0.2, 0.25) is 0 Å². The average molecular weight is 343 g/mol.